The van der Waals surface area contributed by atoms with Gasteiger partial charge in [0.2, 0.25) is 0 Å². The van der Waals surface area contributed by atoms with Crippen molar-refractivity contribution in [2.24, 2.45) is 0 Å². The number of benzene rings is 7. The summed E-state index contributed by atoms with van der Waals surface area (Å²) in [6, 6.07) is 51.7. The molecule has 0 saturated carbocycles. The van der Waals surface area contributed by atoms with Gasteiger partial charge in [0.1, 0.15) is 4.83 Å². The predicted octanol–water partition coefficient (Wildman–Crippen LogP) is 11.3. The molecule has 0 unspecified atom stereocenters. The van der Waals surface area contributed by atoms with Crippen molar-refractivity contribution in [1.29, 1.82) is 0 Å². The summed E-state index contributed by atoms with van der Waals surface area (Å²) in [6.07, 6.45) is 0. The number of hydrogen-bond donors (Lipinski definition) is 0. The van der Waals surface area contributed by atoms with Gasteiger partial charge in [-0.1, -0.05) is 140 Å². The van der Waals surface area contributed by atoms with Crippen LogP contribution in [0.3, 0.4) is 0 Å². The second-order valence-corrected chi connectivity index (χ2v) is 11.9. The van der Waals surface area contributed by atoms with Gasteiger partial charge in [-0.05, 0) is 44.1 Å². The van der Waals surface area contributed by atoms with Crippen LogP contribution in [0.25, 0.3) is 86.4 Å². The molecule has 0 bridgehead atoms. The lowest BCUT2D eigenvalue weighted by Crippen LogP contribution is -1.95. The number of nitrogens with zero attached hydrogens (tertiary/aromatic N) is 2. The number of fused-ring (bicyclic) bond motifs is 9. The lowest BCUT2D eigenvalue weighted by Gasteiger charge is -2.12. The van der Waals surface area contributed by atoms with Crippen molar-refractivity contribution < 1.29 is 0 Å². The van der Waals surface area contributed by atoms with Crippen molar-refractivity contribution >= 4 is 64.0 Å². The molecule has 0 spiro atoms. The Hall–Kier alpha value is -5.38. The van der Waals surface area contributed by atoms with Gasteiger partial charge in [-0.25, -0.2) is 9.97 Å². The van der Waals surface area contributed by atoms with E-state index in [1.165, 1.54) is 48.0 Å². The second-order valence-electron chi connectivity index (χ2n) is 10.9. The zero-order valence-electron chi connectivity index (χ0n) is 23.2. The minimum Gasteiger partial charge on any atom is -0.227 e. The molecule has 0 radical (unpaired) electrons. The van der Waals surface area contributed by atoms with Crippen molar-refractivity contribution in [2.45, 2.75) is 0 Å². The fourth-order valence-corrected chi connectivity index (χ4v) is 7.75. The lowest BCUT2D eigenvalue weighted by molar-refractivity contribution is 1.24. The Morgan fingerprint density at radius 2 is 1.02 bits per heavy atom. The maximum absolute atomic E-state index is 5.43. The molecule has 0 aliphatic heterocycles. The van der Waals surface area contributed by atoms with E-state index in [9.17, 15) is 0 Å². The van der Waals surface area contributed by atoms with E-state index in [-0.39, 0.29) is 0 Å². The molecule has 0 saturated heterocycles. The van der Waals surface area contributed by atoms with Gasteiger partial charge in [0.25, 0.3) is 0 Å². The zero-order valence-corrected chi connectivity index (χ0v) is 24.0. The summed E-state index contributed by atoms with van der Waals surface area (Å²) in [6.45, 7) is 0. The topological polar surface area (TPSA) is 25.8 Å². The smallest absolute Gasteiger partial charge is 0.161 e. The molecule has 0 amide bonds. The van der Waals surface area contributed by atoms with Crippen LogP contribution in [0.2, 0.25) is 0 Å². The van der Waals surface area contributed by atoms with Crippen LogP contribution in [0.5, 0.6) is 0 Å². The first-order valence-electron chi connectivity index (χ1n) is 14.5. The van der Waals surface area contributed by atoms with Gasteiger partial charge in [0.05, 0.1) is 5.69 Å². The molecule has 7 aromatic carbocycles. The maximum Gasteiger partial charge on any atom is 0.161 e. The first-order chi connectivity index (χ1) is 21.3. The molecule has 200 valence electrons. The van der Waals surface area contributed by atoms with Crippen LogP contribution in [-0.2, 0) is 0 Å². The van der Waals surface area contributed by atoms with E-state index in [1.54, 1.807) is 11.3 Å². The molecule has 0 aliphatic rings. The highest BCUT2D eigenvalue weighted by Gasteiger charge is 2.21. The molecule has 9 aromatic rings. The summed E-state index contributed by atoms with van der Waals surface area (Å²) in [4.78, 5) is 11.7. The normalized spacial score (nSPS) is 11.7. The minimum absolute atomic E-state index is 0.744. The van der Waals surface area contributed by atoms with Gasteiger partial charge < -0.3 is 0 Å². The molecule has 3 heteroatoms. The summed E-state index contributed by atoms with van der Waals surface area (Å²) in [5.74, 6) is 0.744. The van der Waals surface area contributed by atoms with Crippen molar-refractivity contribution in [3.63, 3.8) is 0 Å². The van der Waals surface area contributed by atoms with Gasteiger partial charge in [-0.2, -0.15) is 0 Å². The SMILES string of the molecule is c1ccc(-c2cccc(-c3nc(-c4cccc5ccccc45)c4c(n3)sc3c5ccccc5c5ccccc5c34)c2)cc1. The highest BCUT2D eigenvalue weighted by Crippen LogP contribution is 2.47. The summed E-state index contributed by atoms with van der Waals surface area (Å²) >= 11 is 1.78. The van der Waals surface area contributed by atoms with E-state index >= 15 is 0 Å². The van der Waals surface area contributed by atoms with Gasteiger partial charge in [0, 0.05) is 32.0 Å². The van der Waals surface area contributed by atoms with Crippen molar-refractivity contribution in [2.75, 3.05) is 0 Å². The number of rotatable bonds is 3. The Morgan fingerprint density at radius 1 is 0.419 bits per heavy atom. The van der Waals surface area contributed by atoms with Crippen LogP contribution in [-0.4, -0.2) is 9.97 Å². The van der Waals surface area contributed by atoms with E-state index in [1.807, 2.05) is 0 Å². The summed E-state index contributed by atoms with van der Waals surface area (Å²) < 4.78 is 1.26. The van der Waals surface area contributed by atoms with Gasteiger partial charge >= 0.3 is 0 Å². The Morgan fingerprint density at radius 3 is 1.86 bits per heavy atom. The Kier molecular flexibility index (Phi) is 5.40. The second kappa shape index (κ2) is 9.59. The lowest BCUT2D eigenvalue weighted by atomic mass is 9.94. The molecule has 0 atom stereocenters. The van der Waals surface area contributed by atoms with Gasteiger partial charge in [0.15, 0.2) is 5.82 Å². The predicted molar refractivity (Wildman–Crippen MR) is 184 cm³/mol. The first kappa shape index (κ1) is 24.2. The van der Waals surface area contributed by atoms with Crippen molar-refractivity contribution in [3.05, 3.63) is 146 Å². The molecular formula is C40H24N2S. The minimum atomic E-state index is 0.744. The molecule has 2 nitrogen and oxygen atoms in total. The molecule has 9 rings (SSSR count). The fraction of sp³-hybridized carbons (Fsp3) is 0. The van der Waals surface area contributed by atoms with E-state index in [0.29, 0.717) is 0 Å². The quantitative estimate of drug-likeness (QED) is 0.199. The summed E-state index contributed by atoms with van der Waals surface area (Å²) in [5.41, 5.74) is 5.45. The van der Waals surface area contributed by atoms with E-state index in [0.717, 1.165) is 38.4 Å². The third-order valence-electron chi connectivity index (χ3n) is 8.48. The standard InChI is InChI=1S/C40H24N2S/c1-2-12-25(13-3-1)27-16-10-17-28(24-27)39-41-37(33-23-11-15-26-14-4-5-18-29(26)33)36-35-32-21-8-6-19-30(32)31-20-7-9-22-34(31)38(35)43-40(36)42-39/h1-24H. The van der Waals surface area contributed by atoms with Gasteiger partial charge in [-0.15, -0.1) is 11.3 Å². The third-order valence-corrected chi connectivity index (χ3v) is 9.60. The first-order valence-corrected chi connectivity index (χ1v) is 15.3. The van der Waals surface area contributed by atoms with E-state index in [4.69, 9.17) is 9.97 Å². The van der Waals surface area contributed by atoms with Gasteiger partial charge in [-0.3, -0.25) is 0 Å². The Labute approximate surface area is 252 Å². The Balaban J connectivity index is 1.44. The monoisotopic (exact) mass is 564 g/mol. The number of hydrogen-bond acceptors (Lipinski definition) is 3. The summed E-state index contributed by atoms with van der Waals surface area (Å²) in [7, 11) is 0. The van der Waals surface area contributed by atoms with Crippen LogP contribution < -0.4 is 0 Å². The van der Waals surface area contributed by atoms with Crippen molar-refractivity contribution in [1.82, 2.24) is 9.97 Å². The molecular weight excluding hydrogens is 541 g/mol. The average molecular weight is 565 g/mol. The van der Waals surface area contributed by atoms with E-state index in [2.05, 4.69) is 146 Å². The number of thiophene rings is 1. The third kappa shape index (κ3) is 3.79. The van der Waals surface area contributed by atoms with E-state index < -0.39 is 0 Å². The molecule has 2 heterocycles. The zero-order chi connectivity index (χ0) is 28.3. The molecule has 0 N–H and O–H groups in total. The van der Waals surface area contributed by atoms with Crippen LogP contribution in [0.1, 0.15) is 0 Å². The largest absolute Gasteiger partial charge is 0.227 e. The highest BCUT2D eigenvalue weighted by molar-refractivity contribution is 7.26. The molecule has 0 aliphatic carbocycles. The molecule has 43 heavy (non-hydrogen) atoms. The highest BCUT2D eigenvalue weighted by atomic mass is 32.1. The number of aromatic nitrogens is 2. The van der Waals surface area contributed by atoms with Crippen LogP contribution in [0.15, 0.2) is 146 Å². The van der Waals surface area contributed by atoms with Crippen LogP contribution >= 0.6 is 11.3 Å². The average Bonchev–Trinajstić information content (AvgIpc) is 3.48. The van der Waals surface area contributed by atoms with Crippen LogP contribution in [0.4, 0.5) is 0 Å². The maximum atomic E-state index is 5.43. The molecule has 0 fully saturated rings. The van der Waals surface area contributed by atoms with Crippen LogP contribution in [0, 0.1) is 0 Å². The molecule has 2 aromatic heterocycles. The fourth-order valence-electron chi connectivity index (χ4n) is 6.52. The Bertz CT molecular complexity index is 2500. The van der Waals surface area contributed by atoms with Crippen molar-refractivity contribution in [3.8, 4) is 33.8 Å². The summed E-state index contributed by atoms with van der Waals surface area (Å²) in [5, 5.41) is 9.79.